The quantitative estimate of drug-likeness (QED) is 0.371. The van der Waals surface area contributed by atoms with Crippen molar-refractivity contribution >= 4 is 16.9 Å². The van der Waals surface area contributed by atoms with Gasteiger partial charge in [0.05, 0.1) is 28.5 Å². The third-order valence-electron chi connectivity index (χ3n) is 5.59. The third kappa shape index (κ3) is 4.59. The van der Waals surface area contributed by atoms with Crippen molar-refractivity contribution in [1.82, 2.24) is 25.1 Å². The predicted molar refractivity (Wildman–Crippen MR) is 131 cm³/mol. The van der Waals surface area contributed by atoms with Gasteiger partial charge in [-0.1, -0.05) is 36.4 Å². The van der Waals surface area contributed by atoms with Gasteiger partial charge < -0.3 is 10.1 Å². The van der Waals surface area contributed by atoms with E-state index in [-0.39, 0.29) is 18.2 Å². The minimum Gasteiger partial charge on any atom is -0.453 e. The lowest BCUT2D eigenvalue weighted by atomic mass is 10.0. The first kappa shape index (κ1) is 22.2. The maximum Gasteiger partial charge on any atom is 0.252 e. The number of carbonyl (C=O) groups excluding carboxylic acids is 1. The lowest BCUT2D eigenvalue weighted by molar-refractivity contribution is 0.0952. The molecule has 5 aromatic rings. The van der Waals surface area contributed by atoms with Gasteiger partial charge in [-0.3, -0.25) is 14.5 Å². The van der Waals surface area contributed by atoms with Crippen LogP contribution in [0.4, 0.5) is 4.39 Å². The molecule has 0 bridgehead atoms. The molecule has 0 atom stereocenters. The van der Waals surface area contributed by atoms with Gasteiger partial charge in [-0.2, -0.15) is 5.10 Å². The molecule has 0 unspecified atom stereocenters. The topological polar surface area (TPSA) is 81.9 Å². The molecule has 0 spiro atoms. The Bertz CT molecular complexity index is 1520. The Hall–Kier alpha value is -4.59. The maximum atomic E-state index is 14.6. The number of nitrogens with one attached hydrogen (secondary N) is 1. The molecule has 5 rings (SSSR count). The highest BCUT2D eigenvalue weighted by Crippen LogP contribution is 2.27. The van der Waals surface area contributed by atoms with Crippen LogP contribution in [0, 0.1) is 12.7 Å². The molecule has 0 aliphatic carbocycles. The van der Waals surface area contributed by atoms with Gasteiger partial charge in [0.25, 0.3) is 5.91 Å². The fourth-order valence-corrected chi connectivity index (χ4v) is 3.93. The van der Waals surface area contributed by atoms with E-state index in [4.69, 9.17) is 9.72 Å². The standard InChI is InChI=1S/C27H22FN5O2/c1-17-25-21(14-23(19-7-4-3-5-8-19)31-26(25)33(2)32-17)27(34)30-15-18-10-11-24(22(28)13-18)35-20-9-6-12-29-16-20/h3-14,16H,15H2,1-2H3,(H,30,34). The summed E-state index contributed by atoms with van der Waals surface area (Å²) in [6.07, 6.45) is 3.12. The molecule has 2 aromatic carbocycles. The summed E-state index contributed by atoms with van der Waals surface area (Å²) in [5.41, 5.74) is 3.98. The van der Waals surface area contributed by atoms with E-state index in [0.29, 0.717) is 39.3 Å². The van der Waals surface area contributed by atoms with Crippen LogP contribution < -0.4 is 10.1 Å². The fourth-order valence-electron chi connectivity index (χ4n) is 3.93. The SMILES string of the molecule is Cc1nn(C)c2nc(-c3ccccc3)cc(C(=O)NCc3ccc(Oc4cccnc4)c(F)c3)c12. The van der Waals surface area contributed by atoms with Crippen LogP contribution in [0.15, 0.2) is 79.1 Å². The number of amides is 1. The van der Waals surface area contributed by atoms with Crippen molar-refractivity contribution in [2.45, 2.75) is 13.5 Å². The van der Waals surface area contributed by atoms with E-state index < -0.39 is 5.82 Å². The summed E-state index contributed by atoms with van der Waals surface area (Å²) in [5, 5.41) is 8.04. The lowest BCUT2D eigenvalue weighted by Crippen LogP contribution is -2.23. The lowest BCUT2D eigenvalue weighted by Gasteiger charge is -2.11. The van der Waals surface area contributed by atoms with Gasteiger partial charge in [-0.05, 0) is 42.8 Å². The summed E-state index contributed by atoms with van der Waals surface area (Å²) < 4.78 is 21.8. The van der Waals surface area contributed by atoms with Gasteiger partial charge in [0.1, 0.15) is 5.75 Å². The molecule has 0 aliphatic rings. The average molecular weight is 468 g/mol. The Morgan fingerprint density at radius 3 is 2.66 bits per heavy atom. The Labute approximate surface area is 201 Å². The Morgan fingerprint density at radius 2 is 1.91 bits per heavy atom. The maximum absolute atomic E-state index is 14.6. The van der Waals surface area contributed by atoms with Crippen LogP contribution in [0.5, 0.6) is 11.5 Å². The first-order valence-electron chi connectivity index (χ1n) is 11.0. The molecule has 35 heavy (non-hydrogen) atoms. The van der Waals surface area contributed by atoms with Crippen molar-refractivity contribution in [3.05, 3.63) is 102 Å². The van der Waals surface area contributed by atoms with Crippen molar-refractivity contribution in [3.8, 4) is 22.8 Å². The van der Waals surface area contributed by atoms with Crippen molar-refractivity contribution < 1.29 is 13.9 Å². The van der Waals surface area contributed by atoms with E-state index >= 15 is 0 Å². The minimum absolute atomic E-state index is 0.0856. The minimum atomic E-state index is -0.527. The van der Waals surface area contributed by atoms with Crippen LogP contribution in [0.3, 0.4) is 0 Å². The van der Waals surface area contributed by atoms with Crippen molar-refractivity contribution in [2.24, 2.45) is 7.05 Å². The van der Waals surface area contributed by atoms with Gasteiger partial charge >= 0.3 is 0 Å². The number of halogens is 1. The van der Waals surface area contributed by atoms with E-state index in [1.807, 2.05) is 37.3 Å². The van der Waals surface area contributed by atoms with Crippen LogP contribution >= 0.6 is 0 Å². The van der Waals surface area contributed by atoms with E-state index in [1.54, 1.807) is 42.2 Å². The molecule has 1 N–H and O–H groups in total. The molecule has 0 fully saturated rings. The van der Waals surface area contributed by atoms with E-state index in [2.05, 4.69) is 15.4 Å². The number of hydrogen-bond donors (Lipinski definition) is 1. The highest BCUT2D eigenvalue weighted by molar-refractivity contribution is 6.07. The summed E-state index contributed by atoms with van der Waals surface area (Å²) in [7, 11) is 1.80. The summed E-state index contributed by atoms with van der Waals surface area (Å²) in [6.45, 7) is 1.99. The molecule has 3 heterocycles. The Kier molecular flexibility index (Phi) is 5.93. The summed E-state index contributed by atoms with van der Waals surface area (Å²) in [5.74, 6) is -0.291. The average Bonchev–Trinajstić information content (AvgIpc) is 3.17. The molecule has 0 saturated carbocycles. The first-order chi connectivity index (χ1) is 17.0. The zero-order valence-corrected chi connectivity index (χ0v) is 19.2. The normalized spacial score (nSPS) is 10.9. The smallest absolute Gasteiger partial charge is 0.252 e. The number of ether oxygens (including phenoxy) is 1. The van der Waals surface area contributed by atoms with Crippen molar-refractivity contribution in [1.29, 1.82) is 0 Å². The summed E-state index contributed by atoms with van der Waals surface area (Å²) in [4.78, 5) is 22.0. The molecule has 1 amide bonds. The van der Waals surface area contributed by atoms with E-state index in [9.17, 15) is 9.18 Å². The number of carbonyl (C=O) groups is 1. The molecule has 8 heteroatoms. The first-order valence-corrected chi connectivity index (χ1v) is 11.0. The van der Waals surface area contributed by atoms with Crippen molar-refractivity contribution in [3.63, 3.8) is 0 Å². The van der Waals surface area contributed by atoms with Crippen LogP contribution in [0.2, 0.25) is 0 Å². The molecule has 0 radical (unpaired) electrons. The molecule has 174 valence electrons. The second-order valence-corrected chi connectivity index (χ2v) is 8.07. The fraction of sp³-hybridized carbons (Fsp3) is 0.111. The van der Waals surface area contributed by atoms with Crippen LogP contribution in [-0.4, -0.2) is 25.7 Å². The number of benzene rings is 2. The largest absolute Gasteiger partial charge is 0.453 e. The summed E-state index contributed by atoms with van der Waals surface area (Å²) in [6, 6.07) is 19.4. The van der Waals surface area contributed by atoms with Crippen LogP contribution in [-0.2, 0) is 13.6 Å². The number of pyridine rings is 2. The molecule has 0 aliphatic heterocycles. The molecular formula is C27H22FN5O2. The number of rotatable bonds is 6. The number of nitrogens with zero attached hydrogens (tertiary/aromatic N) is 4. The van der Waals surface area contributed by atoms with Crippen LogP contribution in [0.25, 0.3) is 22.3 Å². The van der Waals surface area contributed by atoms with Gasteiger partial charge in [-0.15, -0.1) is 0 Å². The third-order valence-corrected chi connectivity index (χ3v) is 5.59. The van der Waals surface area contributed by atoms with Gasteiger partial charge in [0.15, 0.2) is 17.2 Å². The zero-order valence-electron chi connectivity index (χ0n) is 19.2. The Balaban J connectivity index is 1.39. The number of fused-ring (bicyclic) bond motifs is 1. The zero-order chi connectivity index (χ0) is 24.4. The van der Waals surface area contributed by atoms with E-state index in [1.165, 1.54) is 18.3 Å². The number of aryl methyl sites for hydroxylation is 2. The van der Waals surface area contributed by atoms with Gasteiger partial charge in [-0.25, -0.2) is 9.37 Å². The molecule has 7 nitrogen and oxygen atoms in total. The monoisotopic (exact) mass is 467 g/mol. The highest BCUT2D eigenvalue weighted by atomic mass is 19.1. The molecule has 0 saturated heterocycles. The van der Waals surface area contributed by atoms with Crippen molar-refractivity contribution in [2.75, 3.05) is 0 Å². The van der Waals surface area contributed by atoms with Gasteiger partial charge in [0.2, 0.25) is 0 Å². The van der Waals surface area contributed by atoms with Gasteiger partial charge in [0, 0.05) is 25.4 Å². The highest BCUT2D eigenvalue weighted by Gasteiger charge is 2.19. The predicted octanol–water partition coefficient (Wildman–Crippen LogP) is 5.20. The number of aromatic nitrogens is 4. The number of hydrogen-bond acceptors (Lipinski definition) is 5. The molecular weight excluding hydrogens is 445 g/mol. The Morgan fingerprint density at radius 1 is 1.09 bits per heavy atom. The van der Waals surface area contributed by atoms with Crippen LogP contribution in [0.1, 0.15) is 21.6 Å². The second-order valence-electron chi connectivity index (χ2n) is 8.07. The summed E-state index contributed by atoms with van der Waals surface area (Å²) >= 11 is 0. The second kappa shape index (κ2) is 9.34. The van der Waals surface area contributed by atoms with E-state index in [0.717, 1.165) is 5.56 Å². The molecule has 3 aromatic heterocycles.